The zero-order chi connectivity index (χ0) is 19.4. The molecule has 27 heavy (non-hydrogen) atoms. The van der Waals surface area contributed by atoms with E-state index in [4.69, 9.17) is 11.6 Å². The maximum Gasteiger partial charge on any atom is 0.269 e. The smallest absolute Gasteiger partial charge is 0.269 e. The Morgan fingerprint density at radius 1 is 1.30 bits per heavy atom. The number of anilines is 1. The molecule has 7 nitrogen and oxygen atoms in total. The van der Waals surface area contributed by atoms with E-state index in [0.29, 0.717) is 15.9 Å². The first-order chi connectivity index (χ1) is 12.9. The number of halogens is 1. The molecule has 0 fully saturated rings. The second-order valence-corrected chi connectivity index (χ2v) is 7.00. The first-order valence-corrected chi connectivity index (χ1v) is 9.27. The summed E-state index contributed by atoms with van der Waals surface area (Å²) in [5.41, 5.74) is 2.32. The predicted molar refractivity (Wildman–Crippen MR) is 106 cm³/mol. The summed E-state index contributed by atoms with van der Waals surface area (Å²) >= 11 is 7.33. The van der Waals surface area contributed by atoms with Gasteiger partial charge in [-0.15, -0.1) is 0 Å². The summed E-state index contributed by atoms with van der Waals surface area (Å²) in [7, 11) is 0. The van der Waals surface area contributed by atoms with Crippen LogP contribution in [0.5, 0.6) is 0 Å². The van der Waals surface area contributed by atoms with Gasteiger partial charge < -0.3 is 5.32 Å². The van der Waals surface area contributed by atoms with Crippen LogP contribution < -0.4 is 5.32 Å². The topological polar surface area (TPSA) is 90.1 Å². The normalized spacial score (nSPS) is 10.6. The van der Waals surface area contributed by atoms with E-state index < -0.39 is 4.92 Å². The van der Waals surface area contributed by atoms with E-state index in [2.05, 4.69) is 10.3 Å². The van der Waals surface area contributed by atoms with Crippen molar-refractivity contribution in [3.05, 3.63) is 75.6 Å². The molecule has 0 radical (unpaired) electrons. The highest BCUT2D eigenvalue weighted by atomic mass is 35.5. The second kappa shape index (κ2) is 8.24. The van der Waals surface area contributed by atoms with Gasteiger partial charge in [-0.2, -0.15) is 0 Å². The summed E-state index contributed by atoms with van der Waals surface area (Å²) in [6.45, 7) is 1.89. The molecule has 0 aliphatic heterocycles. The van der Waals surface area contributed by atoms with Crippen molar-refractivity contribution in [1.29, 1.82) is 0 Å². The number of imidazole rings is 1. The monoisotopic (exact) mass is 402 g/mol. The molecule has 3 rings (SSSR count). The number of thioether (sulfide) groups is 1. The van der Waals surface area contributed by atoms with Crippen molar-refractivity contribution >= 4 is 40.6 Å². The number of nitro benzene ring substituents is 1. The van der Waals surface area contributed by atoms with Gasteiger partial charge in [0.1, 0.15) is 0 Å². The van der Waals surface area contributed by atoms with Gasteiger partial charge in [0.2, 0.25) is 5.91 Å². The Morgan fingerprint density at radius 2 is 2.04 bits per heavy atom. The van der Waals surface area contributed by atoms with Crippen LogP contribution >= 0.6 is 23.4 Å². The Kier molecular flexibility index (Phi) is 5.78. The number of rotatable bonds is 6. The number of nitrogens with one attached hydrogen (secondary N) is 1. The molecule has 0 saturated heterocycles. The number of aromatic nitrogens is 2. The standard InChI is InChI=1S/C18H15ClN4O3S/c1-12-2-3-13(10-16(12)19)21-17(24)11-27-18-20-8-9-22(18)14-4-6-15(7-5-14)23(25)26/h2-10H,11H2,1H3,(H,21,24). The lowest BCUT2D eigenvalue weighted by Crippen LogP contribution is -2.14. The van der Waals surface area contributed by atoms with E-state index in [-0.39, 0.29) is 17.3 Å². The molecule has 0 bridgehead atoms. The van der Waals surface area contributed by atoms with Gasteiger partial charge >= 0.3 is 0 Å². The Balaban J connectivity index is 1.65. The molecular weight excluding hydrogens is 388 g/mol. The number of carbonyl (C=O) groups is 1. The largest absolute Gasteiger partial charge is 0.325 e. The summed E-state index contributed by atoms with van der Waals surface area (Å²) in [5, 5.41) is 14.8. The molecular formula is C18H15ClN4O3S. The van der Waals surface area contributed by atoms with E-state index in [1.807, 2.05) is 13.0 Å². The van der Waals surface area contributed by atoms with Crippen LogP contribution in [-0.2, 0) is 4.79 Å². The van der Waals surface area contributed by atoms with E-state index in [1.165, 1.54) is 23.9 Å². The van der Waals surface area contributed by atoms with Crippen LogP contribution in [0.4, 0.5) is 11.4 Å². The molecule has 0 unspecified atom stereocenters. The van der Waals surface area contributed by atoms with E-state index >= 15 is 0 Å². The number of non-ortho nitro benzene ring substituents is 1. The molecule has 1 aromatic heterocycles. The number of hydrogen-bond acceptors (Lipinski definition) is 5. The highest BCUT2D eigenvalue weighted by molar-refractivity contribution is 7.99. The molecule has 1 amide bonds. The maximum absolute atomic E-state index is 12.2. The van der Waals surface area contributed by atoms with Crippen molar-refractivity contribution in [3.63, 3.8) is 0 Å². The first kappa shape index (κ1) is 18.9. The Hall–Kier alpha value is -2.84. The van der Waals surface area contributed by atoms with Crippen LogP contribution in [-0.4, -0.2) is 26.1 Å². The minimum absolute atomic E-state index is 0.0178. The number of benzene rings is 2. The number of nitro groups is 1. The van der Waals surface area contributed by atoms with Gasteiger partial charge in [-0.05, 0) is 36.8 Å². The zero-order valence-corrected chi connectivity index (χ0v) is 15.8. The van der Waals surface area contributed by atoms with Crippen molar-refractivity contribution in [3.8, 4) is 5.69 Å². The van der Waals surface area contributed by atoms with Crippen LogP contribution in [0, 0.1) is 17.0 Å². The van der Waals surface area contributed by atoms with Crippen molar-refractivity contribution in [2.75, 3.05) is 11.1 Å². The average Bonchev–Trinajstić information content (AvgIpc) is 3.12. The average molecular weight is 403 g/mol. The van der Waals surface area contributed by atoms with E-state index in [0.717, 1.165) is 11.3 Å². The van der Waals surface area contributed by atoms with Crippen LogP contribution in [0.3, 0.4) is 0 Å². The number of aryl methyl sites for hydroxylation is 1. The Labute approximate surface area is 164 Å². The predicted octanol–water partition coefficient (Wildman–Crippen LogP) is 4.47. The van der Waals surface area contributed by atoms with E-state index in [1.54, 1.807) is 41.2 Å². The number of amides is 1. The van der Waals surface area contributed by atoms with Gasteiger partial charge in [0, 0.05) is 40.9 Å². The summed E-state index contributed by atoms with van der Waals surface area (Å²) in [5.74, 6) is -0.0201. The highest BCUT2D eigenvalue weighted by Crippen LogP contribution is 2.23. The van der Waals surface area contributed by atoms with Gasteiger partial charge in [-0.25, -0.2) is 4.98 Å². The molecule has 3 aromatic rings. The zero-order valence-electron chi connectivity index (χ0n) is 14.3. The van der Waals surface area contributed by atoms with Crippen molar-refractivity contribution < 1.29 is 9.72 Å². The summed E-state index contributed by atoms with van der Waals surface area (Å²) in [6.07, 6.45) is 3.35. The molecule has 138 valence electrons. The molecule has 0 aliphatic carbocycles. The molecule has 0 aliphatic rings. The summed E-state index contributed by atoms with van der Waals surface area (Å²) in [6, 6.07) is 11.5. The van der Waals surface area contributed by atoms with Crippen molar-refractivity contribution in [2.24, 2.45) is 0 Å². The fourth-order valence-electron chi connectivity index (χ4n) is 2.33. The van der Waals surface area contributed by atoms with Crippen LogP contribution in [0.1, 0.15) is 5.56 Å². The fourth-order valence-corrected chi connectivity index (χ4v) is 3.28. The fraction of sp³-hybridized carbons (Fsp3) is 0.111. The quantitative estimate of drug-likeness (QED) is 0.373. The Bertz CT molecular complexity index is 989. The summed E-state index contributed by atoms with van der Waals surface area (Å²) in [4.78, 5) is 26.7. The van der Waals surface area contributed by atoms with Crippen molar-refractivity contribution in [2.45, 2.75) is 12.1 Å². The van der Waals surface area contributed by atoms with Gasteiger partial charge in [-0.1, -0.05) is 29.4 Å². The molecule has 2 aromatic carbocycles. The van der Waals surface area contributed by atoms with Crippen molar-refractivity contribution in [1.82, 2.24) is 9.55 Å². The highest BCUT2D eigenvalue weighted by Gasteiger charge is 2.11. The van der Waals surface area contributed by atoms with Crippen LogP contribution in [0.15, 0.2) is 60.0 Å². The third-order valence-electron chi connectivity index (χ3n) is 3.73. The molecule has 9 heteroatoms. The van der Waals surface area contributed by atoms with E-state index in [9.17, 15) is 14.9 Å². The minimum atomic E-state index is -0.449. The lowest BCUT2D eigenvalue weighted by atomic mass is 10.2. The first-order valence-electron chi connectivity index (χ1n) is 7.91. The number of nitrogens with zero attached hydrogens (tertiary/aromatic N) is 3. The third-order valence-corrected chi connectivity index (χ3v) is 5.11. The van der Waals surface area contributed by atoms with Gasteiger partial charge in [0.05, 0.1) is 10.7 Å². The van der Waals surface area contributed by atoms with Crippen LogP contribution in [0.2, 0.25) is 5.02 Å². The summed E-state index contributed by atoms with van der Waals surface area (Å²) < 4.78 is 1.77. The SMILES string of the molecule is Cc1ccc(NC(=O)CSc2nccn2-c2ccc([N+](=O)[O-])cc2)cc1Cl. The lowest BCUT2D eigenvalue weighted by molar-refractivity contribution is -0.384. The van der Waals surface area contributed by atoms with Crippen LogP contribution in [0.25, 0.3) is 5.69 Å². The number of hydrogen-bond donors (Lipinski definition) is 1. The lowest BCUT2D eigenvalue weighted by Gasteiger charge is -2.08. The Morgan fingerprint density at radius 3 is 2.70 bits per heavy atom. The molecule has 1 N–H and O–H groups in total. The molecule has 0 spiro atoms. The van der Waals surface area contributed by atoms with Gasteiger partial charge in [0.25, 0.3) is 5.69 Å². The third kappa shape index (κ3) is 4.66. The second-order valence-electron chi connectivity index (χ2n) is 5.65. The molecule has 1 heterocycles. The minimum Gasteiger partial charge on any atom is -0.325 e. The number of carbonyl (C=O) groups excluding carboxylic acids is 1. The molecule has 0 saturated carbocycles. The van der Waals surface area contributed by atoms with Gasteiger partial charge in [-0.3, -0.25) is 19.5 Å². The molecule has 0 atom stereocenters. The van der Waals surface area contributed by atoms with Gasteiger partial charge in [0.15, 0.2) is 5.16 Å². The maximum atomic E-state index is 12.2.